The van der Waals surface area contributed by atoms with E-state index in [4.69, 9.17) is 0 Å². The average Bonchev–Trinajstić information content (AvgIpc) is 2.42. The van der Waals surface area contributed by atoms with E-state index in [9.17, 15) is 0 Å². The number of nitrogens with one attached hydrogen (secondary N) is 1. The molecule has 0 aliphatic carbocycles. The van der Waals surface area contributed by atoms with Crippen LogP contribution < -0.4 is 5.32 Å². The Hall–Kier alpha value is -1.69. The van der Waals surface area contributed by atoms with Crippen LogP contribution in [0.4, 0.5) is 5.82 Å². The Kier molecular flexibility index (Phi) is 4.68. The van der Waals surface area contributed by atoms with E-state index in [0.717, 1.165) is 35.2 Å². The van der Waals surface area contributed by atoms with Gasteiger partial charge in [-0.3, -0.25) is 0 Å². The van der Waals surface area contributed by atoms with E-state index in [2.05, 4.69) is 32.2 Å². The van der Waals surface area contributed by atoms with Crippen molar-refractivity contribution >= 4 is 17.6 Å². The lowest BCUT2D eigenvalue weighted by molar-refractivity contribution is 0.900. The quantitative estimate of drug-likeness (QED) is 0.668. The molecule has 0 aromatic carbocycles. The lowest BCUT2D eigenvalue weighted by atomic mass is 10.3. The Labute approximate surface area is 117 Å². The predicted molar refractivity (Wildman–Crippen MR) is 76.4 cm³/mol. The van der Waals surface area contributed by atoms with Crippen LogP contribution in [0.5, 0.6) is 0 Å². The van der Waals surface area contributed by atoms with E-state index in [0.29, 0.717) is 5.16 Å². The van der Waals surface area contributed by atoms with Crippen molar-refractivity contribution in [2.24, 2.45) is 0 Å². The van der Waals surface area contributed by atoms with Gasteiger partial charge in [0.05, 0.1) is 0 Å². The van der Waals surface area contributed by atoms with Gasteiger partial charge in [0.15, 0.2) is 5.16 Å². The summed E-state index contributed by atoms with van der Waals surface area (Å²) in [7, 11) is 0. The molecule has 19 heavy (non-hydrogen) atoms. The molecule has 0 spiro atoms. The van der Waals surface area contributed by atoms with Gasteiger partial charge in [0, 0.05) is 24.5 Å². The number of hydrogen-bond donors (Lipinski definition) is 1. The van der Waals surface area contributed by atoms with Gasteiger partial charge in [0.1, 0.15) is 16.7 Å². The molecule has 0 bridgehead atoms. The normalized spacial score (nSPS) is 10.5. The van der Waals surface area contributed by atoms with Crippen LogP contribution in [0, 0.1) is 13.8 Å². The maximum Gasteiger partial charge on any atom is 0.193 e. The smallest absolute Gasteiger partial charge is 0.193 e. The summed E-state index contributed by atoms with van der Waals surface area (Å²) in [6.45, 7) is 6.95. The minimum atomic E-state index is 0.699. The molecule has 1 N–H and O–H groups in total. The summed E-state index contributed by atoms with van der Waals surface area (Å²) in [5.74, 6) is 1.65. The van der Waals surface area contributed by atoms with Crippen molar-refractivity contribution in [3.8, 4) is 0 Å². The second-order valence-corrected chi connectivity index (χ2v) is 5.07. The van der Waals surface area contributed by atoms with Gasteiger partial charge >= 0.3 is 0 Å². The van der Waals surface area contributed by atoms with Crippen LogP contribution in [-0.4, -0.2) is 26.5 Å². The molecule has 2 aromatic heterocycles. The molecular formula is C13H17N5S. The van der Waals surface area contributed by atoms with E-state index < -0.39 is 0 Å². The van der Waals surface area contributed by atoms with E-state index >= 15 is 0 Å². The maximum atomic E-state index is 4.47. The van der Waals surface area contributed by atoms with Crippen molar-refractivity contribution in [2.45, 2.75) is 37.4 Å². The van der Waals surface area contributed by atoms with E-state index in [-0.39, 0.29) is 0 Å². The van der Waals surface area contributed by atoms with Crippen molar-refractivity contribution < 1.29 is 0 Å². The lowest BCUT2D eigenvalue weighted by Crippen LogP contribution is -2.07. The maximum absolute atomic E-state index is 4.47. The van der Waals surface area contributed by atoms with Crippen molar-refractivity contribution in [2.75, 3.05) is 11.9 Å². The Morgan fingerprint density at radius 2 is 1.89 bits per heavy atom. The van der Waals surface area contributed by atoms with E-state index in [1.165, 1.54) is 11.8 Å². The molecule has 2 heterocycles. The highest BCUT2D eigenvalue weighted by molar-refractivity contribution is 7.99. The highest BCUT2D eigenvalue weighted by Gasteiger charge is 2.11. The highest BCUT2D eigenvalue weighted by atomic mass is 32.2. The van der Waals surface area contributed by atoms with Crippen molar-refractivity contribution in [3.63, 3.8) is 0 Å². The van der Waals surface area contributed by atoms with Crippen LogP contribution >= 0.6 is 11.8 Å². The molecular weight excluding hydrogens is 258 g/mol. The summed E-state index contributed by atoms with van der Waals surface area (Å²) in [6.07, 6.45) is 4.52. The fraction of sp³-hybridized carbons (Fsp3) is 0.385. The first-order valence-electron chi connectivity index (χ1n) is 6.24. The van der Waals surface area contributed by atoms with Gasteiger partial charge < -0.3 is 5.32 Å². The summed E-state index contributed by atoms with van der Waals surface area (Å²) in [4.78, 5) is 17.3. The molecule has 0 saturated carbocycles. The van der Waals surface area contributed by atoms with Crippen molar-refractivity contribution in [3.05, 3.63) is 29.8 Å². The minimum absolute atomic E-state index is 0.699. The first-order valence-corrected chi connectivity index (χ1v) is 7.06. The number of nitrogens with zero attached hydrogens (tertiary/aromatic N) is 4. The van der Waals surface area contributed by atoms with Crippen LogP contribution in [0.15, 0.2) is 28.6 Å². The largest absolute Gasteiger partial charge is 0.370 e. The summed E-state index contributed by atoms with van der Waals surface area (Å²) in [5.41, 5.74) is 1.04. The van der Waals surface area contributed by atoms with Crippen LogP contribution in [0.25, 0.3) is 0 Å². The van der Waals surface area contributed by atoms with Gasteiger partial charge in [-0.2, -0.15) is 0 Å². The zero-order chi connectivity index (χ0) is 13.7. The molecule has 0 radical (unpaired) electrons. The second-order valence-electron chi connectivity index (χ2n) is 4.11. The molecule has 100 valence electrons. The fourth-order valence-electron chi connectivity index (χ4n) is 1.54. The molecule has 6 heteroatoms. The molecule has 0 fully saturated rings. The zero-order valence-electron chi connectivity index (χ0n) is 11.3. The number of aromatic nitrogens is 4. The van der Waals surface area contributed by atoms with Gasteiger partial charge in [0.2, 0.25) is 0 Å². The van der Waals surface area contributed by atoms with E-state index in [1.54, 1.807) is 18.5 Å². The third-order valence-corrected chi connectivity index (χ3v) is 3.47. The summed E-state index contributed by atoms with van der Waals surface area (Å²) >= 11 is 1.46. The molecule has 0 aliphatic rings. The third-order valence-electron chi connectivity index (χ3n) is 2.49. The Morgan fingerprint density at radius 3 is 2.58 bits per heavy atom. The molecule has 2 rings (SSSR count). The zero-order valence-corrected chi connectivity index (χ0v) is 12.2. The Bertz CT molecular complexity index is 544. The topological polar surface area (TPSA) is 63.6 Å². The molecule has 5 nitrogen and oxygen atoms in total. The summed E-state index contributed by atoms with van der Waals surface area (Å²) in [5, 5.41) is 4.92. The standard InChI is InChI=1S/C13H17N5S/c1-4-6-14-11-9(2)12(18-10(3)17-11)19-13-15-7-5-8-16-13/h5,7-8H,4,6H2,1-3H3,(H,14,17,18). The van der Waals surface area contributed by atoms with Gasteiger partial charge in [-0.05, 0) is 38.1 Å². The number of hydrogen-bond acceptors (Lipinski definition) is 6. The van der Waals surface area contributed by atoms with Crippen LogP contribution in [0.1, 0.15) is 24.7 Å². The number of anilines is 1. The first kappa shape index (κ1) is 13.7. The second kappa shape index (κ2) is 6.47. The monoisotopic (exact) mass is 275 g/mol. The number of rotatable bonds is 5. The SMILES string of the molecule is CCCNc1nc(C)nc(Sc2ncccn2)c1C. The van der Waals surface area contributed by atoms with Crippen LogP contribution in [0.3, 0.4) is 0 Å². The van der Waals surface area contributed by atoms with Crippen LogP contribution in [0.2, 0.25) is 0 Å². The first-order chi connectivity index (χ1) is 9.20. The molecule has 0 unspecified atom stereocenters. The summed E-state index contributed by atoms with van der Waals surface area (Å²) in [6, 6.07) is 1.80. The third kappa shape index (κ3) is 3.64. The van der Waals surface area contributed by atoms with Crippen molar-refractivity contribution in [1.29, 1.82) is 0 Å². The number of aryl methyl sites for hydroxylation is 1. The van der Waals surface area contributed by atoms with Gasteiger partial charge in [-0.15, -0.1) is 0 Å². The average molecular weight is 275 g/mol. The minimum Gasteiger partial charge on any atom is -0.370 e. The fourth-order valence-corrected chi connectivity index (χ4v) is 2.37. The molecule has 0 saturated heterocycles. The van der Waals surface area contributed by atoms with E-state index in [1.807, 2.05) is 13.8 Å². The molecule has 0 amide bonds. The van der Waals surface area contributed by atoms with Crippen LogP contribution in [-0.2, 0) is 0 Å². The summed E-state index contributed by atoms with van der Waals surface area (Å²) < 4.78 is 0. The Balaban J connectivity index is 2.27. The predicted octanol–water partition coefficient (Wildman–Crippen LogP) is 2.86. The molecule has 0 aliphatic heterocycles. The Morgan fingerprint density at radius 1 is 1.16 bits per heavy atom. The van der Waals surface area contributed by atoms with Gasteiger partial charge in [-0.25, -0.2) is 19.9 Å². The highest BCUT2D eigenvalue weighted by Crippen LogP contribution is 2.28. The van der Waals surface area contributed by atoms with Crippen molar-refractivity contribution in [1.82, 2.24) is 19.9 Å². The molecule has 2 aromatic rings. The molecule has 0 atom stereocenters. The van der Waals surface area contributed by atoms with Gasteiger partial charge in [-0.1, -0.05) is 6.92 Å². The van der Waals surface area contributed by atoms with Gasteiger partial charge in [0.25, 0.3) is 0 Å². The lowest BCUT2D eigenvalue weighted by Gasteiger charge is -2.11.